The van der Waals surface area contributed by atoms with Crippen LogP contribution in [-0.4, -0.2) is 31.3 Å². The summed E-state index contributed by atoms with van der Waals surface area (Å²) in [5, 5.41) is 6.75. The second-order valence-electron chi connectivity index (χ2n) is 3.52. The average Bonchev–Trinajstić information content (AvgIpc) is 2.71. The van der Waals surface area contributed by atoms with Crippen molar-refractivity contribution in [2.24, 2.45) is 0 Å². The number of nitrogens with one attached hydrogen (secondary N) is 1. The van der Waals surface area contributed by atoms with Crippen molar-refractivity contribution in [3.05, 3.63) is 16.6 Å². The molecular weight excluding hydrogens is 208 g/mol. The molecule has 0 aliphatic rings. The van der Waals surface area contributed by atoms with Crippen molar-refractivity contribution in [1.82, 2.24) is 10.3 Å². The van der Waals surface area contributed by atoms with E-state index in [1.165, 1.54) is 5.01 Å². The van der Waals surface area contributed by atoms with Gasteiger partial charge in [-0.25, -0.2) is 4.98 Å². The molecular formula is C11H20N2OS. The van der Waals surface area contributed by atoms with Gasteiger partial charge in [-0.3, -0.25) is 0 Å². The van der Waals surface area contributed by atoms with Crippen LogP contribution in [0.1, 0.15) is 24.8 Å². The standard InChI is InChI=1S/C11H20N2OS/c1-3-12-10(5-4-7-14-2)9-11-13-6-8-15-11/h6,8,10,12H,3-5,7,9H2,1-2H3. The van der Waals surface area contributed by atoms with Gasteiger partial charge in [0, 0.05) is 37.8 Å². The highest BCUT2D eigenvalue weighted by Gasteiger charge is 2.09. The van der Waals surface area contributed by atoms with Crippen LogP contribution in [0.15, 0.2) is 11.6 Å². The number of rotatable bonds is 8. The van der Waals surface area contributed by atoms with Crippen LogP contribution in [0.4, 0.5) is 0 Å². The van der Waals surface area contributed by atoms with Gasteiger partial charge < -0.3 is 10.1 Å². The van der Waals surface area contributed by atoms with Crippen LogP contribution in [0.2, 0.25) is 0 Å². The number of hydrogen-bond donors (Lipinski definition) is 1. The van der Waals surface area contributed by atoms with Gasteiger partial charge in [-0.05, 0) is 19.4 Å². The lowest BCUT2D eigenvalue weighted by Gasteiger charge is -2.16. The van der Waals surface area contributed by atoms with Crippen molar-refractivity contribution >= 4 is 11.3 Å². The predicted molar refractivity (Wildman–Crippen MR) is 64.4 cm³/mol. The molecule has 1 aromatic rings. The Morgan fingerprint density at radius 2 is 2.47 bits per heavy atom. The zero-order chi connectivity index (χ0) is 10.9. The maximum Gasteiger partial charge on any atom is 0.0940 e. The largest absolute Gasteiger partial charge is 0.385 e. The van der Waals surface area contributed by atoms with Crippen molar-refractivity contribution in [3.63, 3.8) is 0 Å². The second-order valence-corrected chi connectivity index (χ2v) is 4.50. The van der Waals surface area contributed by atoms with Gasteiger partial charge in [0.25, 0.3) is 0 Å². The molecule has 1 aromatic heterocycles. The van der Waals surface area contributed by atoms with E-state index in [0.29, 0.717) is 6.04 Å². The second kappa shape index (κ2) is 7.79. The zero-order valence-corrected chi connectivity index (χ0v) is 10.3. The first-order valence-electron chi connectivity index (χ1n) is 5.47. The van der Waals surface area contributed by atoms with E-state index in [2.05, 4.69) is 17.2 Å². The van der Waals surface area contributed by atoms with E-state index >= 15 is 0 Å². The Morgan fingerprint density at radius 3 is 3.07 bits per heavy atom. The van der Waals surface area contributed by atoms with E-state index < -0.39 is 0 Å². The summed E-state index contributed by atoms with van der Waals surface area (Å²) in [6.07, 6.45) is 5.17. The molecule has 3 nitrogen and oxygen atoms in total. The van der Waals surface area contributed by atoms with Gasteiger partial charge in [0.1, 0.15) is 0 Å². The third kappa shape index (κ3) is 5.25. The Hall–Kier alpha value is -0.450. The summed E-state index contributed by atoms with van der Waals surface area (Å²) in [5.41, 5.74) is 0. The van der Waals surface area contributed by atoms with E-state index in [-0.39, 0.29) is 0 Å². The number of nitrogens with zero attached hydrogens (tertiary/aromatic N) is 1. The summed E-state index contributed by atoms with van der Waals surface area (Å²) in [6, 6.07) is 0.538. The SMILES string of the molecule is CCNC(CCCOC)Cc1nccs1. The van der Waals surface area contributed by atoms with E-state index in [0.717, 1.165) is 32.4 Å². The van der Waals surface area contributed by atoms with Gasteiger partial charge in [0.15, 0.2) is 0 Å². The first-order valence-corrected chi connectivity index (χ1v) is 6.35. The van der Waals surface area contributed by atoms with Crippen LogP contribution in [0.25, 0.3) is 0 Å². The molecule has 0 fully saturated rings. The molecule has 0 spiro atoms. The maximum absolute atomic E-state index is 5.06. The monoisotopic (exact) mass is 228 g/mol. The lowest BCUT2D eigenvalue weighted by Crippen LogP contribution is -2.31. The molecule has 1 rings (SSSR count). The smallest absolute Gasteiger partial charge is 0.0940 e. The molecule has 0 radical (unpaired) electrons. The molecule has 86 valence electrons. The highest BCUT2D eigenvalue weighted by atomic mass is 32.1. The van der Waals surface area contributed by atoms with Gasteiger partial charge in [0.2, 0.25) is 0 Å². The number of likely N-dealkylation sites (N-methyl/N-ethyl adjacent to an activating group) is 1. The number of thiazole rings is 1. The molecule has 0 saturated heterocycles. The van der Waals surface area contributed by atoms with Gasteiger partial charge in [0.05, 0.1) is 5.01 Å². The van der Waals surface area contributed by atoms with Crippen LogP contribution in [0.3, 0.4) is 0 Å². The minimum absolute atomic E-state index is 0.538. The molecule has 15 heavy (non-hydrogen) atoms. The first-order chi connectivity index (χ1) is 7.36. The Labute approximate surface area is 95.9 Å². The van der Waals surface area contributed by atoms with E-state index in [1.807, 2.05) is 11.6 Å². The van der Waals surface area contributed by atoms with Crippen molar-refractivity contribution < 1.29 is 4.74 Å². The van der Waals surface area contributed by atoms with Crippen LogP contribution < -0.4 is 5.32 Å². The quantitative estimate of drug-likeness (QED) is 0.692. The summed E-state index contributed by atoms with van der Waals surface area (Å²) in [7, 11) is 1.75. The molecule has 0 bridgehead atoms. The molecule has 0 aromatic carbocycles. The molecule has 1 N–H and O–H groups in total. The van der Waals surface area contributed by atoms with Crippen LogP contribution in [0, 0.1) is 0 Å². The number of ether oxygens (including phenoxy) is 1. The van der Waals surface area contributed by atoms with Crippen LogP contribution >= 0.6 is 11.3 Å². The highest BCUT2D eigenvalue weighted by Crippen LogP contribution is 2.10. The van der Waals surface area contributed by atoms with Crippen LogP contribution in [-0.2, 0) is 11.2 Å². The molecule has 0 aliphatic heterocycles. The third-order valence-corrected chi connectivity index (χ3v) is 3.10. The van der Waals surface area contributed by atoms with Crippen molar-refractivity contribution in [2.45, 2.75) is 32.2 Å². The molecule has 1 unspecified atom stereocenters. The summed E-state index contributed by atoms with van der Waals surface area (Å²) in [4.78, 5) is 4.31. The summed E-state index contributed by atoms with van der Waals surface area (Å²) in [6.45, 7) is 4.01. The molecule has 0 amide bonds. The summed E-state index contributed by atoms with van der Waals surface area (Å²) < 4.78 is 5.06. The minimum atomic E-state index is 0.538. The van der Waals surface area contributed by atoms with Crippen molar-refractivity contribution in [1.29, 1.82) is 0 Å². The topological polar surface area (TPSA) is 34.1 Å². The zero-order valence-electron chi connectivity index (χ0n) is 9.53. The fraction of sp³-hybridized carbons (Fsp3) is 0.727. The fourth-order valence-electron chi connectivity index (χ4n) is 1.60. The van der Waals surface area contributed by atoms with Gasteiger partial charge in [-0.1, -0.05) is 6.92 Å². The predicted octanol–water partition coefficient (Wildman–Crippen LogP) is 2.09. The minimum Gasteiger partial charge on any atom is -0.385 e. The molecule has 0 aliphatic carbocycles. The Balaban J connectivity index is 2.29. The number of aromatic nitrogens is 1. The lowest BCUT2D eigenvalue weighted by molar-refractivity contribution is 0.188. The van der Waals surface area contributed by atoms with Crippen LogP contribution in [0.5, 0.6) is 0 Å². The first kappa shape index (κ1) is 12.6. The normalized spacial score (nSPS) is 12.9. The molecule has 1 heterocycles. The Morgan fingerprint density at radius 1 is 1.60 bits per heavy atom. The lowest BCUT2D eigenvalue weighted by atomic mass is 10.1. The van der Waals surface area contributed by atoms with Gasteiger partial charge in [-0.2, -0.15) is 0 Å². The van der Waals surface area contributed by atoms with Gasteiger partial charge >= 0.3 is 0 Å². The highest BCUT2D eigenvalue weighted by molar-refractivity contribution is 7.09. The Kier molecular flexibility index (Phi) is 6.55. The summed E-state index contributed by atoms with van der Waals surface area (Å²) in [5.74, 6) is 0. The molecule has 0 saturated carbocycles. The Bertz CT molecular complexity index is 239. The van der Waals surface area contributed by atoms with Crippen molar-refractivity contribution in [2.75, 3.05) is 20.3 Å². The molecule has 4 heteroatoms. The number of hydrogen-bond acceptors (Lipinski definition) is 4. The van der Waals surface area contributed by atoms with E-state index in [9.17, 15) is 0 Å². The third-order valence-electron chi connectivity index (χ3n) is 2.30. The summed E-state index contributed by atoms with van der Waals surface area (Å²) >= 11 is 1.73. The number of methoxy groups -OCH3 is 1. The maximum atomic E-state index is 5.06. The fourth-order valence-corrected chi connectivity index (χ4v) is 2.30. The van der Waals surface area contributed by atoms with E-state index in [1.54, 1.807) is 18.4 Å². The van der Waals surface area contributed by atoms with E-state index in [4.69, 9.17) is 4.74 Å². The average molecular weight is 228 g/mol. The van der Waals surface area contributed by atoms with Crippen molar-refractivity contribution in [3.8, 4) is 0 Å². The molecule has 1 atom stereocenters. The van der Waals surface area contributed by atoms with Gasteiger partial charge in [-0.15, -0.1) is 11.3 Å².